The average Bonchev–Trinajstić information content (AvgIpc) is 2.28. The Kier molecular flexibility index (Phi) is 3.05. The molecule has 0 amide bonds. The highest BCUT2D eigenvalue weighted by Crippen LogP contribution is 2.19. The van der Waals surface area contributed by atoms with E-state index in [1.54, 1.807) is 26.0 Å². The molecule has 0 aliphatic heterocycles. The van der Waals surface area contributed by atoms with Gasteiger partial charge in [-0.2, -0.15) is 0 Å². The molecule has 0 heterocycles. The second kappa shape index (κ2) is 4.50. The second-order valence-corrected chi connectivity index (χ2v) is 4.11. The van der Waals surface area contributed by atoms with Crippen molar-refractivity contribution in [2.24, 2.45) is 0 Å². The minimum absolute atomic E-state index is 0.0550. The van der Waals surface area contributed by atoms with Crippen molar-refractivity contribution in [1.29, 1.82) is 0 Å². The molecular weight excluding hydrogens is 215 g/mol. The van der Waals surface area contributed by atoms with Gasteiger partial charge in [0.15, 0.2) is 5.78 Å². The Bertz CT molecular complexity index is 535. The van der Waals surface area contributed by atoms with Gasteiger partial charge in [-0.25, -0.2) is 4.39 Å². The molecule has 2 aromatic carbocycles. The highest BCUT2D eigenvalue weighted by atomic mass is 19.1. The minimum Gasteiger partial charge on any atom is -0.289 e. The molecule has 0 unspecified atom stereocenters. The minimum atomic E-state index is -0.301. The van der Waals surface area contributed by atoms with Gasteiger partial charge in [0.25, 0.3) is 0 Å². The zero-order valence-corrected chi connectivity index (χ0v) is 9.83. The van der Waals surface area contributed by atoms with Crippen molar-refractivity contribution >= 4 is 5.78 Å². The lowest BCUT2D eigenvalue weighted by Gasteiger charge is -2.09. The number of hydrogen-bond donors (Lipinski definition) is 0. The summed E-state index contributed by atoms with van der Waals surface area (Å²) in [6, 6.07) is 11.8. The first-order valence-corrected chi connectivity index (χ1v) is 5.46. The molecule has 2 aromatic rings. The topological polar surface area (TPSA) is 17.1 Å². The van der Waals surface area contributed by atoms with E-state index in [0.29, 0.717) is 22.3 Å². The van der Waals surface area contributed by atoms with Crippen LogP contribution in [0.1, 0.15) is 27.0 Å². The van der Waals surface area contributed by atoms with E-state index in [9.17, 15) is 9.18 Å². The van der Waals surface area contributed by atoms with E-state index in [4.69, 9.17) is 0 Å². The van der Waals surface area contributed by atoms with Crippen molar-refractivity contribution < 1.29 is 9.18 Å². The van der Waals surface area contributed by atoms with Crippen LogP contribution in [0.5, 0.6) is 0 Å². The van der Waals surface area contributed by atoms with Gasteiger partial charge in [0.05, 0.1) is 0 Å². The number of ketones is 1. The molecule has 0 fully saturated rings. The van der Waals surface area contributed by atoms with E-state index >= 15 is 0 Å². The molecule has 1 nitrogen and oxygen atoms in total. The molecule has 0 bridgehead atoms. The van der Waals surface area contributed by atoms with Crippen molar-refractivity contribution in [3.8, 4) is 0 Å². The number of rotatable bonds is 2. The molecule has 2 heteroatoms. The lowest BCUT2D eigenvalue weighted by atomic mass is 9.95. The third-order valence-electron chi connectivity index (χ3n) is 2.76. The van der Waals surface area contributed by atoms with Crippen LogP contribution in [-0.4, -0.2) is 5.78 Å². The third-order valence-corrected chi connectivity index (χ3v) is 2.76. The zero-order chi connectivity index (χ0) is 12.4. The summed E-state index contributed by atoms with van der Waals surface area (Å²) in [5.41, 5.74) is 2.58. The Morgan fingerprint density at radius 1 is 1.00 bits per heavy atom. The van der Waals surface area contributed by atoms with Crippen molar-refractivity contribution in [1.82, 2.24) is 0 Å². The first-order valence-electron chi connectivity index (χ1n) is 5.46. The fraction of sp³-hybridized carbons (Fsp3) is 0.133. The Morgan fingerprint density at radius 2 is 1.53 bits per heavy atom. The largest absolute Gasteiger partial charge is 0.289 e. The molecule has 0 saturated heterocycles. The van der Waals surface area contributed by atoms with E-state index in [2.05, 4.69) is 0 Å². The van der Waals surface area contributed by atoms with E-state index in [1.165, 1.54) is 12.1 Å². The van der Waals surface area contributed by atoms with Crippen LogP contribution in [0.15, 0.2) is 42.5 Å². The normalized spacial score (nSPS) is 10.3. The molecular formula is C15H13FO. The highest BCUT2D eigenvalue weighted by molar-refractivity contribution is 6.10. The van der Waals surface area contributed by atoms with Crippen LogP contribution in [0.25, 0.3) is 0 Å². The quantitative estimate of drug-likeness (QED) is 0.717. The molecule has 0 N–H and O–H groups in total. The predicted octanol–water partition coefficient (Wildman–Crippen LogP) is 3.67. The van der Waals surface area contributed by atoms with Gasteiger partial charge < -0.3 is 0 Å². The molecule has 0 atom stereocenters. The number of aryl methyl sites for hydroxylation is 2. The number of hydrogen-bond acceptors (Lipinski definition) is 1. The fourth-order valence-electron chi connectivity index (χ4n) is 2.00. The van der Waals surface area contributed by atoms with Gasteiger partial charge in [-0.05, 0) is 37.1 Å². The van der Waals surface area contributed by atoms with Gasteiger partial charge in [-0.3, -0.25) is 4.79 Å². The summed E-state index contributed by atoms with van der Waals surface area (Å²) in [6.45, 7) is 3.51. The van der Waals surface area contributed by atoms with Crippen molar-refractivity contribution in [3.05, 3.63) is 70.5 Å². The average molecular weight is 228 g/mol. The molecule has 2 rings (SSSR count). The van der Waals surface area contributed by atoms with E-state index in [-0.39, 0.29) is 11.6 Å². The number of benzene rings is 2. The monoisotopic (exact) mass is 228 g/mol. The fourth-order valence-corrected chi connectivity index (χ4v) is 2.00. The lowest BCUT2D eigenvalue weighted by Crippen LogP contribution is -2.06. The van der Waals surface area contributed by atoms with Gasteiger partial charge in [-0.15, -0.1) is 0 Å². The Hall–Kier alpha value is -1.96. The van der Waals surface area contributed by atoms with Crippen LogP contribution in [0.4, 0.5) is 4.39 Å². The molecule has 86 valence electrons. The molecule has 0 saturated carbocycles. The van der Waals surface area contributed by atoms with Crippen molar-refractivity contribution in [2.75, 3.05) is 0 Å². The maximum atomic E-state index is 13.2. The van der Waals surface area contributed by atoms with Crippen LogP contribution < -0.4 is 0 Å². The van der Waals surface area contributed by atoms with Gasteiger partial charge in [-0.1, -0.05) is 30.3 Å². The molecule has 0 aliphatic rings. The highest BCUT2D eigenvalue weighted by Gasteiger charge is 2.14. The first kappa shape index (κ1) is 11.5. The van der Waals surface area contributed by atoms with Crippen molar-refractivity contribution in [3.63, 3.8) is 0 Å². The van der Waals surface area contributed by atoms with Gasteiger partial charge >= 0.3 is 0 Å². The van der Waals surface area contributed by atoms with Crippen LogP contribution in [-0.2, 0) is 0 Å². The summed E-state index contributed by atoms with van der Waals surface area (Å²) in [5, 5.41) is 0. The Morgan fingerprint density at radius 3 is 2.06 bits per heavy atom. The lowest BCUT2D eigenvalue weighted by molar-refractivity contribution is 0.103. The molecule has 0 aromatic heterocycles. The maximum Gasteiger partial charge on any atom is 0.193 e. The maximum absolute atomic E-state index is 13.2. The zero-order valence-electron chi connectivity index (χ0n) is 9.83. The molecule has 17 heavy (non-hydrogen) atoms. The van der Waals surface area contributed by atoms with E-state index < -0.39 is 0 Å². The number of halogens is 1. The second-order valence-electron chi connectivity index (χ2n) is 4.11. The summed E-state index contributed by atoms with van der Waals surface area (Å²) in [7, 11) is 0. The summed E-state index contributed by atoms with van der Waals surface area (Å²) >= 11 is 0. The first-order chi connectivity index (χ1) is 8.09. The predicted molar refractivity (Wildman–Crippen MR) is 65.7 cm³/mol. The van der Waals surface area contributed by atoms with Crippen LogP contribution >= 0.6 is 0 Å². The molecule has 0 aliphatic carbocycles. The SMILES string of the molecule is Cc1cc(F)cc(C)c1C(=O)c1ccccc1. The Labute approximate surface area is 99.9 Å². The molecule has 0 radical (unpaired) electrons. The number of carbonyl (C=O) groups excluding carboxylic acids is 1. The summed E-state index contributed by atoms with van der Waals surface area (Å²) in [4.78, 5) is 12.3. The van der Waals surface area contributed by atoms with Gasteiger partial charge in [0, 0.05) is 11.1 Å². The third kappa shape index (κ3) is 2.26. The molecule has 0 spiro atoms. The van der Waals surface area contributed by atoms with Crippen molar-refractivity contribution in [2.45, 2.75) is 13.8 Å². The number of carbonyl (C=O) groups is 1. The van der Waals surface area contributed by atoms with Gasteiger partial charge in [0.2, 0.25) is 0 Å². The van der Waals surface area contributed by atoms with Crippen LogP contribution in [0.2, 0.25) is 0 Å². The van der Waals surface area contributed by atoms with E-state index in [1.807, 2.05) is 18.2 Å². The summed E-state index contributed by atoms with van der Waals surface area (Å²) < 4.78 is 13.2. The Balaban J connectivity index is 2.52. The van der Waals surface area contributed by atoms with E-state index in [0.717, 1.165) is 0 Å². The van der Waals surface area contributed by atoms with Gasteiger partial charge in [0.1, 0.15) is 5.82 Å². The van der Waals surface area contributed by atoms with Crippen LogP contribution in [0, 0.1) is 19.7 Å². The standard InChI is InChI=1S/C15H13FO/c1-10-8-13(16)9-11(2)14(10)15(17)12-6-4-3-5-7-12/h3-9H,1-2H3. The summed E-state index contributed by atoms with van der Waals surface area (Å²) in [6.07, 6.45) is 0. The smallest absolute Gasteiger partial charge is 0.193 e. The van der Waals surface area contributed by atoms with Crippen LogP contribution in [0.3, 0.4) is 0 Å². The summed E-state index contributed by atoms with van der Waals surface area (Å²) in [5.74, 6) is -0.356.